The van der Waals surface area contributed by atoms with Crippen molar-refractivity contribution in [1.82, 2.24) is 14.5 Å². The minimum absolute atomic E-state index is 0.0188. The normalized spacial score (nSPS) is 11.3. The predicted octanol–water partition coefficient (Wildman–Crippen LogP) is 1.95. The Morgan fingerprint density at radius 1 is 1.11 bits per heavy atom. The summed E-state index contributed by atoms with van der Waals surface area (Å²) in [6.45, 7) is 7.71. The third-order valence-electron chi connectivity index (χ3n) is 5.47. The summed E-state index contributed by atoms with van der Waals surface area (Å²) in [5, 5.41) is 0. The Kier molecular flexibility index (Phi) is 10.1. The molecule has 0 aliphatic rings. The van der Waals surface area contributed by atoms with Crippen molar-refractivity contribution < 1.29 is 19.1 Å². The number of benzene rings is 1. The van der Waals surface area contributed by atoms with E-state index in [9.17, 15) is 19.2 Å². The van der Waals surface area contributed by atoms with Crippen molar-refractivity contribution in [1.29, 1.82) is 0 Å². The first-order valence-electron chi connectivity index (χ1n) is 12.0. The Bertz CT molecular complexity index is 1260. The molecule has 11 nitrogen and oxygen atoms in total. The highest BCUT2D eigenvalue weighted by Gasteiger charge is 2.26. The number of nitrogens with zero attached hydrogens (tertiary/aromatic N) is 3. The molecule has 0 saturated carbocycles. The summed E-state index contributed by atoms with van der Waals surface area (Å²) in [4.78, 5) is 56.0. The maximum Gasteiger partial charge on any atom is 0.330 e. The van der Waals surface area contributed by atoms with Gasteiger partial charge in [0, 0.05) is 31.8 Å². The van der Waals surface area contributed by atoms with Crippen LogP contribution in [0.1, 0.15) is 33.3 Å². The average molecular weight is 516 g/mol. The first-order valence-corrected chi connectivity index (χ1v) is 12.0. The smallest absolute Gasteiger partial charge is 0.330 e. The van der Waals surface area contributed by atoms with Crippen LogP contribution in [0.25, 0.3) is 6.08 Å². The molecule has 202 valence electrons. The van der Waals surface area contributed by atoms with Crippen LogP contribution in [-0.2, 0) is 16.1 Å². The summed E-state index contributed by atoms with van der Waals surface area (Å²) in [5.74, 6) is 0.0174. The van der Waals surface area contributed by atoms with Crippen LogP contribution >= 0.6 is 0 Å². The Balaban J connectivity index is 2.34. The molecule has 3 N–H and O–H groups in total. The van der Waals surface area contributed by atoms with E-state index in [2.05, 4.69) is 4.98 Å². The Morgan fingerprint density at radius 3 is 2.35 bits per heavy atom. The van der Waals surface area contributed by atoms with Gasteiger partial charge in [0.2, 0.25) is 11.8 Å². The SMILES string of the molecule is COc1cccc(/C=C/C(=O)N(C)CC(=O)N(CC(C)C)c2c(N)n(CC(C)C)c(=O)[nH]c2=O)c1OC. The van der Waals surface area contributed by atoms with Gasteiger partial charge in [0.1, 0.15) is 12.4 Å². The first kappa shape index (κ1) is 29.2. The molecule has 1 aromatic carbocycles. The first-order chi connectivity index (χ1) is 17.4. The van der Waals surface area contributed by atoms with E-state index in [1.54, 1.807) is 24.3 Å². The number of methoxy groups -OCH3 is 2. The van der Waals surface area contributed by atoms with E-state index in [1.165, 1.54) is 41.7 Å². The Hall–Kier alpha value is -4.02. The van der Waals surface area contributed by atoms with Crippen LogP contribution in [0.5, 0.6) is 11.5 Å². The van der Waals surface area contributed by atoms with E-state index < -0.39 is 23.1 Å². The predicted molar refractivity (Wildman–Crippen MR) is 144 cm³/mol. The molecule has 0 atom stereocenters. The number of H-pyrrole nitrogens is 1. The second-order valence-corrected chi connectivity index (χ2v) is 9.51. The summed E-state index contributed by atoms with van der Waals surface area (Å²) in [6, 6.07) is 5.27. The van der Waals surface area contributed by atoms with Crippen LogP contribution in [0.15, 0.2) is 33.9 Å². The van der Waals surface area contributed by atoms with Crippen LogP contribution in [0.2, 0.25) is 0 Å². The van der Waals surface area contributed by atoms with Gasteiger partial charge in [-0.25, -0.2) is 4.79 Å². The monoisotopic (exact) mass is 515 g/mol. The zero-order valence-electron chi connectivity index (χ0n) is 22.5. The fourth-order valence-electron chi connectivity index (χ4n) is 3.77. The minimum Gasteiger partial charge on any atom is -0.493 e. The number of carbonyl (C=O) groups is 2. The maximum atomic E-state index is 13.4. The van der Waals surface area contributed by atoms with Gasteiger partial charge >= 0.3 is 5.69 Å². The standard InChI is InChI=1S/C26H37N5O6/c1-16(2)13-30(22-24(27)31(14-17(3)4)26(35)28-25(22)34)21(33)15-29(5)20(32)12-11-18-9-8-10-19(36-6)23(18)37-7/h8-12,16-17H,13-15,27H2,1-7H3,(H,28,34,35)/b12-11+. The number of aromatic nitrogens is 2. The lowest BCUT2D eigenvalue weighted by molar-refractivity contribution is -0.130. The summed E-state index contributed by atoms with van der Waals surface area (Å²) in [5.41, 5.74) is 5.37. The van der Waals surface area contributed by atoms with Gasteiger partial charge in [-0.3, -0.25) is 23.9 Å². The van der Waals surface area contributed by atoms with E-state index in [1.807, 2.05) is 27.7 Å². The van der Waals surface area contributed by atoms with Gasteiger partial charge in [-0.1, -0.05) is 39.8 Å². The largest absolute Gasteiger partial charge is 0.493 e. The number of hydrogen-bond acceptors (Lipinski definition) is 7. The van der Waals surface area contributed by atoms with Crippen LogP contribution in [0, 0.1) is 11.8 Å². The number of nitrogen functional groups attached to an aromatic ring is 1. The number of aromatic amines is 1. The zero-order valence-corrected chi connectivity index (χ0v) is 22.5. The number of anilines is 2. The summed E-state index contributed by atoms with van der Waals surface area (Å²) in [7, 11) is 4.50. The average Bonchev–Trinajstić information content (AvgIpc) is 2.83. The highest BCUT2D eigenvalue weighted by molar-refractivity contribution is 6.00. The van der Waals surface area contributed by atoms with Crippen LogP contribution < -0.4 is 31.4 Å². The molecule has 2 aromatic rings. The number of ether oxygens (including phenoxy) is 2. The third kappa shape index (κ3) is 7.25. The molecule has 0 spiro atoms. The van der Waals surface area contributed by atoms with Gasteiger partial charge in [0.25, 0.3) is 5.56 Å². The number of nitrogens with two attached hydrogens (primary N) is 1. The molecule has 0 unspecified atom stereocenters. The molecule has 11 heteroatoms. The summed E-state index contributed by atoms with van der Waals surface area (Å²) in [6.07, 6.45) is 2.89. The molecular formula is C26H37N5O6. The molecule has 0 aliphatic carbocycles. The fraction of sp³-hybridized carbons (Fsp3) is 0.462. The van der Waals surface area contributed by atoms with E-state index in [4.69, 9.17) is 15.2 Å². The summed E-state index contributed by atoms with van der Waals surface area (Å²) >= 11 is 0. The molecule has 37 heavy (non-hydrogen) atoms. The summed E-state index contributed by atoms with van der Waals surface area (Å²) < 4.78 is 11.9. The van der Waals surface area contributed by atoms with Crippen LogP contribution in [0.3, 0.4) is 0 Å². The minimum atomic E-state index is -0.754. The van der Waals surface area contributed by atoms with Gasteiger partial charge in [-0.05, 0) is 24.0 Å². The van der Waals surface area contributed by atoms with Crippen molar-refractivity contribution >= 4 is 29.4 Å². The van der Waals surface area contributed by atoms with Gasteiger partial charge in [-0.2, -0.15) is 0 Å². The number of amides is 2. The lowest BCUT2D eigenvalue weighted by atomic mass is 10.1. The third-order valence-corrected chi connectivity index (χ3v) is 5.47. The maximum absolute atomic E-state index is 13.4. The number of para-hydroxylation sites is 1. The molecule has 1 heterocycles. The van der Waals surface area contributed by atoms with Gasteiger partial charge in [-0.15, -0.1) is 0 Å². The topological polar surface area (TPSA) is 140 Å². The van der Waals surface area contributed by atoms with E-state index in [0.29, 0.717) is 17.1 Å². The van der Waals surface area contributed by atoms with Crippen molar-refractivity contribution in [2.24, 2.45) is 11.8 Å². The molecule has 2 rings (SSSR count). The number of rotatable bonds is 11. The Labute approximate surface area is 216 Å². The van der Waals surface area contributed by atoms with Gasteiger partial charge in [0.05, 0.1) is 14.2 Å². The van der Waals surface area contributed by atoms with Crippen molar-refractivity contribution in [3.05, 3.63) is 50.7 Å². The van der Waals surface area contributed by atoms with E-state index in [-0.39, 0.29) is 43.0 Å². The molecule has 2 amide bonds. The van der Waals surface area contributed by atoms with Crippen LogP contribution in [0.4, 0.5) is 11.5 Å². The number of hydrogen-bond donors (Lipinski definition) is 2. The molecule has 1 aromatic heterocycles. The second-order valence-electron chi connectivity index (χ2n) is 9.51. The van der Waals surface area contributed by atoms with Crippen LogP contribution in [-0.4, -0.2) is 60.6 Å². The van der Waals surface area contributed by atoms with E-state index in [0.717, 1.165) is 0 Å². The quantitative estimate of drug-likeness (QED) is 0.436. The van der Waals surface area contributed by atoms with E-state index >= 15 is 0 Å². The molecule has 0 aliphatic heterocycles. The number of nitrogens with one attached hydrogen (secondary N) is 1. The van der Waals surface area contributed by atoms with Crippen molar-refractivity contribution in [2.75, 3.05) is 45.0 Å². The van der Waals surface area contributed by atoms with Crippen molar-refractivity contribution in [2.45, 2.75) is 34.2 Å². The highest BCUT2D eigenvalue weighted by Crippen LogP contribution is 2.31. The highest BCUT2D eigenvalue weighted by atomic mass is 16.5. The molecular weight excluding hydrogens is 478 g/mol. The Morgan fingerprint density at radius 2 is 1.78 bits per heavy atom. The zero-order chi connectivity index (χ0) is 27.9. The lowest BCUT2D eigenvalue weighted by Crippen LogP contribution is -2.46. The second kappa shape index (κ2) is 12.8. The van der Waals surface area contributed by atoms with Crippen molar-refractivity contribution in [3.8, 4) is 11.5 Å². The van der Waals surface area contributed by atoms with Gasteiger partial charge < -0.3 is 25.0 Å². The lowest BCUT2D eigenvalue weighted by Gasteiger charge is -2.28. The number of carbonyl (C=O) groups excluding carboxylic acids is 2. The fourth-order valence-corrected chi connectivity index (χ4v) is 3.77. The molecule has 0 saturated heterocycles. The number of likely N-dealkylation sites (N-methyl/N-ethyl adjacent to an activating group) is 1. The van der Waals surface area contributed by atoms with Gasteiger partial charge in [0.15, 0.2) is 17.2 Å². The molecule has 0 bridgehead atoms. The van der Waals surface area contributed by atoms with Crippen molar-refractivity contribution in [3.63, 3.8) is 0 Å². The molecule has 0 radical (unpaired) electrons. The molecule has 0 fully saturated rings.